The molecule has 7 heteroatoms. The third-order valence-electron chi connectivity index (χ3n) is 4.72. The zero-order chi connectivity index (χ0) is 22.9. The molecule has 1 aromatic heterocycles. The van der Waals surface area contributed by atoms with Crippen molar-refractivity contribution in [3.05, 3.63) is 89.7 Å². The van der Waals surface area contributed by atoms with Gasteiger partial charge in [0.25, 0.3) is 11.8 Å². The van der Waals surface area contributed by atoms with Crippen LogP contribution in [0.5, 0.6) is 5.75 Å². The number of para-hydroxylation sites is 1. The van der Waals surface area contributed by atoms with E-state index in [1.165, 1.54) is 0 Å². The molecule has 162 valence electrons. The first kappa shape index (κ1) is 22.5. The van der Waals surface area contributed by atoms with Crippen molar-refractivity contribution in [2.45, 2.75) is 26.5 Å². The maximum atomic E-state index is 12.8. The number of nitrogens with one attached hydrogen (secondary N) is 2. The third kappa shape index (κ3) is 5.92. The highest BCUT2D eigenvalue weighted by Gasteiger charge is 2.25. The van der Waals surface area contributed by atoms with Crippen LogP contribution in [-0.2, 0) is 11.3 Å². The average Bonchev–Trinajstić information content (AvgIpc) is 2.81. The fraction of sp³-hybridized carbons (Fsp3) is 0.200. The number of nitrogens with zero attached hydrogens (tertiary/aromatic N) is 2. The smallest absolute Gasteiger partial charge is 0.261 e. The van der Waals surface area contributed by atoms with Crippen LogP contribution in [0.2, 0.25) is 0 Å². The SMILES string of the molecule is CC(C)C(Oc1ccccc1C#N)C(=O)NCc1cccc(NC(=O)c2ccncc2)c1. The van der Waals surface area contributed by atoms with Crippen LogP contribution >= 0.6 is 0 Å². The largest absolute Gasteiger partial charge is 0.479 e. The highest BCUT2D eigenvalue weighted by Crippen LogP contribution is 2.21. The van der Waals surface area contributed by atoms with Gasteiger partial charge < -0.3 is 15.4 Å². The second-order valence-corrected chi connectivity index (χ2v) is 7.50. The Morgan fingerprint density at radius 1 is 1.06 bits per heavy atom. The second-order valence-electron chi connectivity index (χ2n) is 7.50. The normalized spacial score (nSPS) is 11.3. The van der Waals surface area contributed by atoms with Crippen molar-refractivity contribution in [1.82, 2.24) is 10.3 Å². The van der Waals surface area contributed by atoms with E-state index in [9.17, 15) is 14.9 Å². The molecule has 0 radical (unpaired) electrons. The molecule has 0 bridgehead atoms. The third-order valence-corrected chi connectivity index (χ3v) is 4.72. The number of rotatable bonds is 8. The van der Waals surface area contributed by atoms with Crippen molar-refractivity contribution in [1.29, 1.82) is 5.26 Å². The van der Waals surface area contributed by atoms with E-state index in [0.29, 0.717) is 22.6 Å². The molecule has 0 saturated carbocycles. The lowest BCUT2D eigenvalue weighted by Crippen LogP contribution is -2.41. The molecule has 0 aliphatic carbocycles. The molecule has 7 nitrogen and oxygen atoms in total. The van der Waals surface area contributed by atoms with Gasteiger partial charge in [-0.2, -0.15) is 5.26 Å². The monoisotopic (exact) mass is 428 g/mol. The quantitative estimate of drug-likeness (QED) is 0.566. The maximum Gasteiger partial charge on any atom is 0.261 e. The molecule has 32 heavy (non-hydrogen) atoms. The number of amides is 2. The topological polar surface area (TPSA) is 104 Å². The van der Waals surface area contributed by atoms with Crippen LogP contribution in [0.1, 0.15) is 35.3 Å². The number of nitriles is 1. The van der Waals surface area contributed by atoms with Gasteiger partial charge >= 0.3 is 0 Å². The van der Waals surface area contributed by atoms with Gasteiger partial charge in [0.1, 0.15) is 11.8 Å². The minimum Gasteiger partial charge on any atom is -0.479 e. The Balaban J connectivity index is 1.63. The molecule has 1 heterocycles. The van der Waals surface area contributed by atoms with E-state index < -0.39 is 6.10 Å². The van der Waals surface area contributed by atoms with E-state index in [1.807, 2.05) is 26.0 Å². The molecule has 3 aromatic rings. The Bertz CT molecular complexity index is 1120. The molecule has 0 saturated heterocycles. The summed E-state index contributed by atoms with van der Waals surface area (Å²) in [6.45, 7) is 4.03. The number of carbonyl (C=O) groups excluding carboxylic acids is 2. The number of benzene rings is 2. The molecule has 1 atom stereocenters. The highest BCUT2D eigenvalue weighted by molar-refractivity contribution is 6.04. The second kappa shape index (κ2) is 10.7. The number of anilines is 1. The zero-order valence-electron chi connectivity index (χ0n) is 17.9. The Labute approximate surface area is 187 Å². The fourth-order valence-corrected chi connectivity index (χ4v) is 3.05. The van der Waals surface area contributed by atoms with E-state index in [1.54, 1.807) is 60.9 Å². The van der Waals surface area contributed by atoms with Gasteiger partial charge in [-0.1, -0.05) is 38.1 Å². The summed E-state index contributed by atoms with van der Waals surface area (Å²) in [6.07, 6.45) is 2.37. The summed E-state index contributed by atoms with van der Waals surface area (Å²) in [4.78, 5) is 29.1. The predicted molar refractivity (Wildman–Crippen MR) is 121 cm³/mol. The minimum atomic E-state index is -0.751. The van der Waals surface area contributed by atoms with Gasteiger partial charge in [-0.05, 0) is 47.9 Å². The molecule has 2 aromatic carbocycles. The summed E-state index contributed by atoms with van der Waals surface area (Å²) < 4.78 is 5.88. The summed E-state index contributed by atoms with van der Waals surface area (Å²) >= 11 is 0. The summed E-state index contributed by atoms with van der Waals surface area (Å²) in [7, 11) is 0. The van der Waals surface area contributed by atoms with Crippen molar-refractivity contribution in [2.75, 3.05) is 5.32 Å². The molecular weight excluding hydrogens is 404 g/mol. The van der Waals surface area contributed by atoms with Crippen molar-refractivity contribution in [3.8, 4) is 11.8 Å². The van der Waals surface area contributed by atoms with Gasteiger partial charge in [0.05, 0.1) is 5.56 Å². The maximum absolute atomic E-state index is 12.8. The Morgan fingerprint density at radius 3 is 2.53 bits per heavy atom. The lowest BCUT2D eigenvalue weighted by Gasteiger charge is -2.22. The molecular formula is C25H24N4O3. The minimum absolute atomic E-state index is 0.104. The van der Waals surface area contributed by atoms with Crippen LogP contribution in [0.3, 0.4) is 0 Å². The van der Waals surface area contributed by atoms with Crippen LogP contribution in [0, 0.1) is 17.2 Å². The summed E-state index contributed by atoms with van der Waals surface area (Å²) in [5, 5.41) is 15.0. The molecule has 2 N–H and O–H groups in total. The van der Waals surface area contributed by atoms with Crippen LogP contribution in [-0.4, -0.2) is 22.9 Å². The number of carbonyl (C=O) groups is 2. The van der Waals surface area contributed by atoms with Crippen molar-refractivity contribution >= 4 is 17.5 Å². The highest BCUT2D eigenvalue weighted by atomic mass is 16.5. The lowest BCUT2D eigenvalue weighted by molar-refractivity contribution is -0.130. The molecule has 1 unspecified atom stereocenters. The summed E-state index contributed by atoms with van der Waals surface area (Å²) in [6, 6.07) is 19.4. The standard InChI is InChI=1S/C25H24N4O3/c1-17(2)23(32-22-9-4-3-7-20(22)15-26)25(31)28-16-18-6-5-8-21(14-18)29-24(30)19-10-12-27-13-11-19/h3-14,17,23H,16H2,1-2H3,(H,28,31)(H,29,30). The molecule has 0 aliphatic rings. The molecule has 0 fully saturated rings. The van der Waals surface area contributed by atoms with E-state index in [2.05, 4.69) is 21.7 Å². The van der Waals surface area contributed by atoms with Gasteiger partial charge in [0.15, 0.2) is 6.10 Å². The number of ether oxygens (including phenoxy) is 1. The first-order valence-corrected chi connectivity index (χ1v) is 10.2. The number of pyridine rings is 1. The number of hydrogen-bond acceptors (Lipinski definition) is 5. The number of aromatic nitrogens is 1. The molecule has 0 spiro atoms. The van der Waals surface area contributed by atoms with Crippen LogP contribution in [0.15, 0.2) is 73.1 Å². The Morgan fingerprint density at radius 2 is 1.81 bits per heavy atom. The van der Waals surface area contributed by atoms with Crippen molar-refractivity contribution < 1.29 is 14.3 Å². The lowest BCUT2D eigenvalue weighted by atomic mass is 10.1. The van der Waals surface area contributed by atoms with Crippen molar-refractivity contribution in [2.24, 2.45) is 5.92 Å². The first-order chi connectivity index (χ1) is 15.5. The van der Waals surface area contributed by atoms with Gasteiger partial charge in [0.2, 0.25) is 0 Å². The van der Waals surface area contributed by atoms with Gasteiger partial charge in [-0.15, -0.1) is 0 Å². The van der Waals surface area contributed by atoms with E-state index in [0.717, 1.165) is 5.56 Å². The molecule has 2 amide bonds. The Hall–Kier alpha value is -4.18. The molecule has 0 aliphatic heterocycles. The van der Waals surface area contributed by atoms with Crippen molar-refractivity contribution in [3.63, 3.8) is 0 Å². The average molecular weight is 428 g/mol. The summed E-state index contributed by atoms with van der Waals surface area (Å²) in [5.41, 5.74) is 2.33. The fourth-order valence-electron chi connectivity index (χ4n) is 3.05. The van der Waals surface area contributed by atoms with Crippen LogP contribution in [0.25, 0.3) is 0 Å². The van der Waals surface area contributed by atoms with Gasteiger partial charge in [-0.25, -0.2) is 0 Å². The first-order valence-electron chi connectivity index (χ1n) is 10.2. The van der Waals surface area contributed by atoms with E-state index in [4.69, 9.17) is 4.74 Å². The summed E-state index contributed by atoms with van der Waals surface area (Å²) in [5.74, 6) is -0.241. The zero-order valence-corrected chi connectivity index (χ0v) is 17.9. The van der Waals surface area contributed by atoms with E-state index in [-0.39, 0.29) is 24.3 Å². The van der Waals surface area contributed by atoms with Gasteiger partial charge in [-0.3, -0.25) is 14.6 Å². The van der Waals surface area contributed by atoms with Gasteiger partial charge in [0, 0.05) is 30.2 Å². The molecule has 3 rings (SSSR count). The predicted octanol–water partition coefficient (Wildman–Crippen LogP) is 3.93. The number of hydrogen-bond donors (Lipinski definition) is 2. The van der Waals surface area contributed by atoms with Crippen LogP contribution < -0.4 is 15.4 Å². The van der Waals surface area contributed by atoms with Crippen LogP contribution in [0.4, 0.5) is 5.69 Å². The Kier molecular flexibility index (Phi) is 7.55. The van der Waals surface area contributed by atoms with E-state index >= 15 is 0 Å².